The first kappa shape index (κ1) is 15.2. The van der Waals surface area contributed by atoms with Crippen molar-refractivity contribution in [3.8, 4) is 0 Å². The minimum atomic E-state index is -4.95. The van der Waals surface area contributed by atoms with Crippen LogP contribution in [0.15, 0.2) is 54.9 Å². The molecule has 0 radical (unpaired) electrons. The molecule has 1 atom stereocenters. The third-order valence-electron chi connectivity index (χ3n) is 2.96. The second kappa shape index (κ2) is 5.65. The smallest absolute Gasteiger partial charge is 0.373 e. The molecule has 0 saturated heterocycles. The van der Waals surface area contributed by atoms with Crippen molar-refractivity contribution in [2.45, 2.75) is 11.8 Å². The standard InChI is InChI=1S/C15H11F4NO/c16-13-4-2-1-3-11(13)5-8-14(21,15(17,18)19)12-6-9-20-10-7-12/h1-10,21H. The molecule has 0 spiro atoms. The largest absolute Gasteiger partial charge is 0.425 e. The van der Waals surface area contributed by atoms with Gasteiger partial charge in [-0.2, -0.15) is 13.2 Å². The van der Waals surface area contributed by atoms with Gasteiger partial charge in [0.05, 0.1) is 0 Å². The normalized spacial score (nSPS) is 15.1. The van der Waals surface area contributed by atoms with Crippen LogP contribution < -0.4 is 0 Å². The van der Waals surface area contributed by atoms with E-state index in [0.29, 0.717) is 6.08 Å². The van der Waals surface area contributed by atoms with Crippen molar-refractivity contribution in [2.24, 2.45) is 0 Å². The predicted molar refractivity (Wildman–Crippen MR) is 69.6 cm³/mol. The number of rotatable bonds is 3. The number of hydrogen-bond donors (Lipinski definition) is 1. The lowest BCUT2D eigenvalue weighted by Crippen LogP contribution is -2.40. The van der Waals surface area contributed by atoms with Gasteiger partial charge in [0.25, 0.3) is 0 Å². The Morgan fingerprint density at radius 3 is 2.19 bits per heavy atom. The van der Waals surface area contributed by atoms with Crippen molar-refractivity contribution < 1.29 is 22.7 Å². The molecule has 6 heteroatoms. The Kier molecular flexibility index (Phi) is 4.09. The maximum absolute atomic E-state index is 13.4. The van der Waals surface area contributed by atoms with E-state index in [2.05, 4.69) is 4.98 Å². The zero-order valence-electron chi connectivity index (χ0n) is 10.7. The molecule has 1 unspecified atom stereocenters. The van der Waals surface area contributed by atoms with Gasteiger partial charge in [0.1, 0.15) is 5.82 Å². The van der Waals surface area contributed by atoms with E-state index >= 15 is 0 Å². The van der Waals surface area contributed by atoms with Crippen molar-refractivity contribution in [2.75, 3.05) is 0 Å². The highest BCUT2D eigenvalue weighted by atomic mass is 19.4. The number of hydrogen-bond acceptors (Lipinski definition) is 2. The maximum Gasteiger partial charge on any atom is 0.425 e. The number of aliphatic hydroxyl groups is 1. The zero-order chi connectivity index (χ0) is 15.5. The first-order chi connectivity index (χ1) is 9.84. The molecule has 1 aromatic carbocycles. The molecule has 2 rings (SSSR count). The van der Waals surface area contributed by atoms with E-state index in [-0.39, 0.29) is 5.56 Å². The topological polar surface area (TPSA) is 33.1 Å². The fraction of sp³-hybridized carbons (Fsp3) is 0.133. The molecule has 1 aromatic heterocycles. The summed E-state index contributed by atoms with van der Waals surface area (Å²) < 4.78 is 53.0. The van der Waals surface area contributed by atoms with E-state index in [0.717, 1.165) is 36.7 Å². The molecule has 0 amide bonds. The molecule has 21 heavy (non-hydrogen) atoms. The summed E-state index contributed by atoms with van der Waals surface area (Å²) >= 11 is 0. The maximum atomic E-state index is 13.4. The van der Waals surface area contributed by atoms with Gasteiger partial charge in [0.15, 0.2) is 0 Å². The highest BCUT2D eigenvalue weighted by Gasteiger charge is 2.53. The Hall–Kier alpha value is -2.21. The van der Waals surface area contributed by atoms with E-state index in [9.17, 15) is 22.7 Å². The highest BCUT2D eigenvalue weighted by Crippen LogP contribution is 2.40. The molecule has 1 heterocycles. The molecule has 1 N–H and O–H groups in total. The molecule has 0 fully saturated rings. The Labute approximate surface area is 118 Å². The highest BCUT2D eigenvalue weighted by molar-refractivity contribution is 5.52. The second-order valence-electron chi connectivity index (χ2n) is 4.35. The third kappa shape index (κ3) is 3.11. The summed E-state index contributed by atoms with van der Waals surface area (Å²) in [6.45, 7) is 0. The lowest BCUT2D eigenvalue weighted by Gasteiger charge is -2.27. The van der Waals surface area contributed by atoms with E-state index in [1.807, 2.05) is 0 Å². The van der Waals surface area contributed by atoms with Crippen LogP contribution in [0, 0.1) is 5.82 Å². The number of halogens is 4. The third-order valence-corrected chi connectivity index (χ3v) is 2.96. The Morgan fingerprint density at radius 2 is 1.62 bits per heavy atom. The molecule has 0 bridgehead atoms. The lowest BCUT2D eigenvalue weighted by molar-refractivity contribution is -0.245. The number of benzene rings is 1. The van der Waals surface area contributed by atoms with Crippen LogP contribution in [-0.2, 0) is 5.60 Å². The fourth-order valence-corrected chi connectivity index (χ4v) is 1.78. The molecule has 0 saturated carbocycles. The summed E-state index contributed by atoms with van der Waals surface area (Å²) in [7, 11) is 0. The van der Waals surface area contributed by atoms with Gasteiger partial charge < -0.3 is 5.11 Å². The monoisotopic (exact) mass is 297 g/mol. The van der Waals surface area contributed by atoms with Crippen molar-refractivity contribution in [3.63, 3.8) is 0 Å². The average Bonchev–Trinajstić information content (AvgIpc) is 2.46. The van der Waals surface area contributed by atoms with Crippen LogP contribution in [0.2, 0.25) is 0 Å². The van der Waals surface area contributed by atoms with Crippen LogP contribution in [-0.4, -0.2) is 16.3 Å². The molecule has 2 aromatic rings. The van der Waals surface area contributed by atoms with Gasteiger partial charge in [-0.1, -0.05) is 24.3 Å². The fourth-order valence-electron chi connectivity index (χ4n) is 1.78. The summed E-state index contributed by atoms with van der Waals surface area (Å²) in [4.78, 5) is 3.61. The molecule has 2 nitrogen and oxygen atoms in total. The van der Waals surface area contributed by atoms with Gasteiger partial charge in [0, 0.05) is 18.0 Å². The summed E-state index contributed by atoms with van der Waals surface area (Å²) in [5.74, 6) is -0.673. The van der Waals surface area contributed by atoms with E-state index in [1.165, 1.54) is 18.2 Å². The summed E-state index contributed by atoms with van der Waals surface area (Å²) in [6.07, 6.45) is -1.23. The molecular formula is C15H11F4NO. The van der Waals surface area contributed by atoms with Gasteiger partial charge in [-0.3, -0.25) is 4.98 Å². The summed E-state index contributed by atoms with van der Waals surface area (Å²) in [6, 6.07) is 7.46. The van der Waals surface area contributed by atoms with Gasteiger partial charge in [-0.05, 0) is 29.8 Å². The van der Waals surface area contributed by atoms with E-state index < -0.39 is 23.2 Å². The minimum Gasteiger partial charge on any atom is -0.373 e. The van der Waals surface area contributed by atoms with Crippen LogP contribution in [0.1, 0.15) is 11.1 Å². The molecule has 0 aliphatic rings. The number of pyridine rings is 1. The Balaban J connectivity index is 2.46. The van der Waals surface area contributed by atoms with Gasteiger partial charge in [-0.25, -0.2) is 4.39 Å². The number of aromatic nitrogens is 1. The van der Waals surface area contributed by atoms with E-state index in [4.69, 9.17) is 0 Å². The zero-order valence-corrected chi connectivity index (χ0v) is 10.7. The SMILES string of the molecule is OC(C=Cc1ccccc1F)(c1ccncc1)C(F)(F)F. The van der Waals surface area contributed by atoms with Crippen molar-refractivity contribution in [1.82, 2.24) is 4.98 Å². The van der Waals surface area contributed by atoms with Crippen LogP contribution >= 0.6 is 0 Å². The van der Waals surface area contributed by atoms with Crippen LogP contribution in [0.25, 0.3) is 6.08 Å². The van der Waals surface area contributed by atoms with Crippen molar-refractivity contribution in [1.29, 1.82) is 0 Å². The summed E-state index contributed by atoms with van der Waals surface area (Å²) in [5.41, 5.74) is -3.65. The second-order valence-corrected chi connectivity index (χ2v) is 4.35. The summed E-state index contributed by atoms with van der Waals surface area (Å²) in [5, 5.41) is 10.0. The predicted octanol–water partition coefficient (Wildman–Crippen LogP) is 3.68. The molecule has 0 aliphatic heterocycles. The quantitative estimate of drug-likeness (QED) is 0.877. The van der Waals surface area contributed by atoms with Crippen LogP contribution in [0.3, 0.4) is 0 Å². The average molecular weight is 297 g/mol. The van der Waals surface area contributed by atoms with Gasteiger partial charge >= 0.3 is 6.18 Å². The Morgan fingerprint density at radius 1 is 1.00 bits per heavy atom. The van der Waals surface area contributed by atoms with E-state index in [1.54, 1.807) is 0 Å². The van der Waals surface area contributed by atoms with Crippen molar-refractivity contribution in [3.05, 3.63) is 71.8 Å². The number of alkyl halides is 3. The molecular weight excluding hydrogens is 286 g/mol. The first-order valence-corrected chi connectivity index (χ1v) is 5.98. The number of nitrogens with zero attached hydrogens (tertiary/aromatic N) is 1. The van der Waals surface area contributed by atoms with Gasteiger partial charge in [-0.15, -0.1) is 0 Å². The lowest BCUT2D eigenvalue weighted by atomic mass is 9.92. The van der Waals surface area contributed by atoms with Gasteiger partial charge in [0.2, 0.25) is 5.60 Å². The Bertz CT molecular complexity index is 640. The van der Waals surface area contributed by atoms with Crippen LogP contribution in [0.5, 0.6) is 0 Å². The first-order valence-electron chi connectivity index (χ1n) is 5.98. The minimum absolute atomic E-state index is 0.0470. The van der Waals surface area contributed by atoms with Crippen LogP contribution in [0.4, 0.5) is 17.6 Å². The molecule has 110 valence electrons. The molecule has 0 aliphatic carbocycles. The van der Waals surface area contributed by atoms with Crippen molar-refractivity contribution >= 4 is 6.08 Å².